The summed E-state index contributed by atoms with van der Waals surface area (Å²) in [6, 6.07) is 6.33. The van der Waals surface area contributed by atoms with Gasteiger partial charge in [-0.2, -0.15) is 9.57 Å². The molecular formula is C16H20ClN3O2S. The van der Waals surface area contributed by atoms with Crippen LogP contribution in [0.5, 0.6) is 0 Å². The summed E-state index contributed by atoms with van der Waals surface area (Å²) in [7, 11) is -3.56. The Kier molecular flexibility index (Phi) is 4.93. The average Bonchev–Trinajstić information content (AvgIpc) is 3.19. The van der Waals surface area contributed by atoms with Gasteiger partial charge in [-0.15, -0.1) is 0 Å². The van der Waals surface area contributed by atoms with Crippen molar-refractivity contribution in [3.05, 3.63) is 28.8 Å². The van der Waals surface area contributed by atoms with E-state index in [0.717, 1.165) is 32.5 Å². The molecule has 2 aliphatic heterocycles. The Hall–Kier alpha value is -1.13. The number of hydrogen-bond acceptors (Lipinski definition) is 4. The topological polar surface area (TPSA) is 64.4 Å². The van der Waals surface area contributed by atoms with Gasteiger partial charge in [0, 0.05) is 19.1 Å². The van der Waals surface area contributed by atoms with Crippen molar-refractivity contribution in [2.75, 3.05) is 26.2 Å². The first-order valence-electron chi connectivity index (χ1n) is 7.96. The van der Waals surface area contributed by atoms with Crippen LogP contribution >= 0.6 is 11.6 Å². The molecule has 0 spiro atoms. The summed E-state index contributed by atoms with van der Waals surface area (Å²) in [6.07, 6.45) is 4.19. The lowest BCUT2D eigenvalue weighted by atomic mass is 10.2. The van der Waals surface area contributed by atoms with Crippen LogP contribution in [-0.2, 0) is 10.0 Å². The molecule has 2 saturated heterocycles. The number of halogens is 1. The van der Waals surface area contributed by atoms with E-state index >= 15 is 0 Å². The van der Waals surface area contributed by atoms with Crippen molar-refractivity contribution in [1.29, 1.82) is 5.26 Å². The highest BCUT2D eigenvalue weighted by Gasteiger charge is 2.36. The summed E-state index contributed by atoms with van der Waals surface area (Å²) < 4.78 is 27.5. The summed E-state index contributed by atoms with van der Waals surface area (Å²) in [5, 5.41) is 9.11. The van der Waals surface area contributed by atoms with Gasteiger partial charge in [0.05, 0.1) is 15.5 Å². The van der Waals surface area contributed by atoms with Gasteiger partial charge in [-0.25, -0.2) is 8.42 Å². The minimum atomic E-state index is -3.56. The van der Waals surface area contributed by atoms with Crippen LogP contribution in [0.25, 0.3) is 0 Å². The van der Waals surface area contributed by atoms with Crippen molar-refractivity contribution in [3.63, 3.8) is 0 Å². The molecule has 0 aliphatic carbocycles. The molecule has 0 saturated carbocycles. The quantitative estimate of drug-likeness (QED) is 0.834. The highest BCUT2D eigenvalue weighted by atomic mass is 35.5. The van der Waals surface area contributed by atoms with Crippen molar-refractivity contribution in [2.45, 2.75) is 36.6 Å². The molecule has 23 heavy (non-hydrogen) atoms. The molecule has 1 aromatic carbocycles. The van der Waals surface area contributed by atoms with E-state index in [2.05, 4.69) is 4.90 Å². The molecule has 0 N–H and O–H groups in total. The molecule has 1 unspecified atom stereocenters. The van der Waals surface area contributed by atoms with Crippen LogP contribution in [-0.4, -0.2) is 49.8 Å². The highest BCUT2D eigenvalue weighted by molar-refractivity contribution is 7.89. The summed E-state index contributed by atoms with van der Waals surface area (Å²) in [5.41, 5.74) is 0.292. The highest BCUT2D eigenvalue weighted by Crippen LogP contribution is 2.29. The van der Waals surface area contributed by atoms with E-state index < -0.39 is 10.0 Å². The number of benzene rings is 1. The maximum absolute atomic E-state index is 12.9. The van der Waals surface area contributed by atoms with E-state index in [1.54, 1.807) is 4.31 Å². The number of nitrogens with zero attached hydrogens (tertiary/aromatic N) is 3. The van der Waals surface area contributed by atoms with Gasteiger partial charge in [0.2, 0.25) is 10.0 Å². The Labute approximate surface area is 142 Å². The lowest BCUT2D eigenvalue weighted by Crippen LogP contribution is -2.42. The van der Waals surface area contributed by atoms with Gasteiger partial charge >= 0.3 is 0 Å². The Balaban J connectivity index is 1.83. The van der Waals surface area contributed by atoms with Crippen LogP contribution in [0.2, 0.25) is 5.02 Å². The van der Waals surface area contributed by atoms with E-state index in [1.165, 1.54) is 31.0 Å². The van der Waals surface area contributed by atoms with Crippen LogP contribution in [0.4, 0.5) is 0 Å². The average molecular weight is 354 g/mol. The van der Waals surface area contributed by atoms with Gasteiger partial charge in [0.15, 0.2) is 0 Å². The number of rotatable bonds is 4. The number of hydrogen-bond donors (Lipinski definition) is 0. The fourth-order valence-electron chi connectivity index (χ4n) is 3.45. The number of likely N-dealkylation sites (tertiary alicyclic amines) is 1. The van der Waals surface area contributed by atoms with Crippen LogP contribution in [0.15, 0.2) is 23.1 Å². The molecule has 1 atom stereocenters. The summed E-state index contributed by atoms with van der Waals surface area (Å²) in [4.78, 5) is 2.53. The van der Waals surface area contributed by atoms with Gasteiger partial charge < -0.3 is 4.90 Å². The molecule has 3 rings (SSSR count). The standard InChI is InChI=1S/C16H20ClN3O2S/c17-16-10-15(6-5-13(16)11-18)23(21,22)20-9-3-4-14(20)12-19-7-1-2-8-19/h5-6,10,14H,1-4,7-9,12H2. The van der Waals surface area contributed by atoms with Crippen molar-refractivity contribution >= 4 is 21.6 Å². The molecule has 1 aromatic rings. The number of sulfonamides is 1. The zero-order valence-electron chi connectivity index (χ0n) is 12.9. The molecule has 0 bridgehead atoms. The minimum absolute atomic E-state index is 0.0347. The van der Waals surface area contributed by atoms with Crippen molar-refractivity contribution < 1.29 is 8.42 Å². The molecule has 2 aliphatic rings. The van der Waals surface area contributed by atoms with Gasteiger partial charge in [-0.1, -0.05) is 11.6 Å². The third-order valence-electron chi connectivity index (χ3n) is 4.66. The Morgan fingerprint density at radius 3 is 2.61 bits per heavy atom. The summed E-state index contributed by atoms with van der Waals surface area (Å²) in [6.45, 7) is 3.49. The fourth-order valence-corrected chi connectivity index (χ4v) is 5.45. The Morgan fingerprint density at radius 1 is 1.22 bits per heavy atom. The zero-order valence-corrected chi connectivity index (χ0v) is 14.5. The molecule has 7 heteroatoms. The smallest absolute Gasteiger partial charge is 0.243 e. The molecule has 2 heterocycles. The second-order valence-electron chi connectivity index (χ2n) is 6.17. The maximum Gasteiger partial charge on any atom is 0.243 e. The molecule has 0 radical (unpaired) electrons. The van der Waals surface area contributed by atoms with Crippen molar-refractivity contribution in [1.82, 2.24) is 9.21 Å². The van der Waals surface area contributed by atoms with E-state index in [9.17, 15) is 8.42 Å². The third-order valence-corrected chi connectivity index (χ3v) is 6.92. The first-order chi connectivity index (χ1) is 11.0. The van der Waals surface area contributed by atoms with Crippen molar-refractivity contribution in [2.24, 2.45) is 0 Å². The second-order valence-corrected chi connectivity index (χ2v) is 8.47. The largest absolute Gasteiger partial charge is 0.302 e. The van der Waals surface area contributed by atoms with Crippen LogP contribution in [0.3, 0.4) is 0 Å². The van der Waals surface area contributed by atoms with E-state index in [1.807, 2.05) is 6.07 Å². The molecule has 5 nitrogen and oxygen atoms in total. The normalized spacial score (nSPS) is 23.2. The monoisotopic (exact) mass is 353 g/mol. The predicted octanol–water partition coefficient (Wildman–Crippen LogP) is 2.46. The van der Waals surface area contributed by atoms with Gasteiger partial charge in [-0.3, -0.25) is 0 Å². The lowest BCUT2D eigenvalue weighted by molar-refractivity contribution is 0.257. The molecule has 0 aromatic heterocycles. The first kappa shape index (κ1) is 16.7. The summed E-state index contributed by atoms with van der Waals surface area (Å²) in [5.74, 6) is 0. The van der Waals surface area contributed by atoms with E-state index in [4.69, 9.17) is 16.9 Å². The fraction of sp³-hybridized carbons (Fsp3) is 0.562. The van der Waals surface area contributed by atoms with E-state index in [0.29, 0.717) is 12.1 Å². The lowest BCUT2D eigenvalue weighted by Gasteiger charge is -2.28. The van der Waals surface area contributed by atoms with Gasteiger partial charge in [0.25, 0.3) is 0 Å². The molecule has 2 fully saturated rings. The van der Waals surface area contributed by atoms with Crippen LogP contribution in [0, 0.1) is 11.3 Å². The zero-order chi connectivity index (χ0) is 16.4. The Bertz CT molecular complexity index is 723. The SMILES string of the molecule is N#Cc1ccc(S(=O)(=O)N2CCCC2CN2CCCC2)cc1Cl. The Morgan fingerprint density at radius 2 is 1.96 bits per heavy atom. The maximum atomic E-state index is 12.9. The van der Waals surface area contributed by atoms with Crippen LogP contribution < -0.4 is 0 Å². The predicted molar refractivity (Wildman–Crippen MR) is 88.8 cm³/mol. The summed E-state index contributed by atoms with van der Waals surface area (Å²) >= 11 is 6.00. The van der Waals surface area contributed by atoms with Crippen molar-refractivity contribution in [3.8, 4) is 6.07 Å². The first-order valence-corrected chi connectivity index (χ1v) is 9.78. The second kappa shape index (κ2) is 6.78. The van der Waals surface area contributed by atoms with Crippen LogP contribution in [0.1, 0.15) is 31.2 Å². The minimum Gasteiger partial charge on any atom is -0.302 e. The van der Waals surface area contributed by atoms with Gasteiger partial charge in [0.1, 0.15) is 6.07 Å². The number of nitriles is 1. The third kappa shape index (κ3) is 3.38. The van der Waals surface area contributed by atoms with Gasteiger partial charge in [-0.05, 0) is 57.0 Å². The molecular weight excluding hydrogens is 334 g/mol. The molecule has 124 valence electrons. The molecule has 0 amide bonds. The van der Waals surface area contributed by atoms with E-state index in [-0.39, 0.29) is 16.0 Å².